The van der Waals surface area contributed by atoms with Gasteiger partial charge in [-0.1, -0.05) is 24.3 Å². The van der Waals surface area contributed by atoms with E-state index in [4.69, 9.17) is 14.2 Å². The van der Waals surface area contributed by atoms with Gasteiger partial charge in [0.15, 0.2) is 18.1 Å². The van der Waals surface area contributed by atoms with E-state index in [1.54, 1.807) is 44.6 Å². The van der Waals surface area contributed by atoms with Gasteiger partial charge in [0.1, 0.15) is 12.1 Å². The van der Waals surface area contributed by atoms with Crippen molar-refractivity contribution < 1.29 is 23.9 Å². The number of ether oxygens (including phenoxy) is 3. The number of methoxy groups -OCH3 is 2. The Hall–Kier alpha value is -4.61. The van der Waals surface area contributed by atoms with Crippen molar-refractivity contribution in [3.05, 3.63) is 70.5 Å². The molecule has 0 unspecified atom stereocenters. The first kappa shape index (κ1) is 24.0. The van der Waals surface area contributed by atoms with Crippen molar-refractivity contribution in [2.45, 2.75) is 6.42 Å². The van der Waals surface area contributed by atoms with Gasteiger partial charge in [-0.2, -0.15) is 0 Å². The maximum absolute atomic E-state index is 12.0. The maximum Gasteiger partial charge on any atom is 0.354 e. The van der Waals surface area contributed by atoms with Crippen molar-refractivity contribution >= 4 is 23.2 Å². The Kier molecular flexibility index (Phi) is 8.38. The third-order valence-corrected chi connectivity index (χ3v) is 4.59. The molecule has 1 amide bonds. The average molecular weight is 468 g/mol. The van der Waals surface area contributed by atoms with E-state index in [2.05, 4.69) is 26.1 Å². The van der Waals surface area contributed by atoms with Gasteiger partial charge >= 0.3 is 5.69 Å². The summed E-state index contributed by atoms with van der Waals surface area (Å²) in [5, 5.41) is 14.6. The standard InChI is InChI=1S/C22H24N6O6/c1-32-17-9-8-15(12-18(17)33-2)10-11-23-21-20(28(30)31)22(25-14-24-21)27-26-19(29)13-34-16-6-4-3-5-7-16/h3-9,12,14H,10-11,13H2,1-2H3,(H,26,29)(H2,23,24,25,27). The Labute approximate surface area is 195 Å². The zero-order valence-corrected chi connectivity index (χ0v) is 18.6. The summed E-state index contributed by atoms with van der Waals surface area (Å²) in [4.78, 5) is 30.9. The third kappa shape index (κ3) is 6.45. The fourth-order valence-corrected chi connectivity index (χ4v) is 2.96. The van der Waals surface area contributed by atoms with Crippen LogP contribution in [0.3, 0.4) is 0 Å². The quantitative estimate of drug-likeness (QED) is 0.267. The van der Waals surface area contributed by atoms with Gasteiger partial charge in [0.2, 0.25) is 11.6 Å². The van der Waals surface area contributed by atoms with Crippen molar-refractivity contribution in [2.75, 3.05) is 38.1 Å². The third-order valence-electron chi connectivity index (χ3n) is 4.59. The van der Waals surface area contributed by atoms with E-state index in [9.17, 15) is 14.9 Å². The molecule has 0 aliphatic carbocycles. The van der Waals surface area contributed by atoms with Crippen molar-refractivity contribution in [3.63, 3.8) is 0 Å². The Morgan fingerprint density at radius 1 is 1.03 bits per heavy atom. The molecule has 0 spiro atoms. The number of nitrogens with one attached hydrogen (secondary N) is 3. The number of nitrogens with zero attached hydrogens (tertiary/aromatic N) is 3. The number of hydrogen-bond acceptors (Lipinski definition) is 10. The van der Waals surface area contributed by atoms with Crippen LogP contribution in [-0.2, 0) is 11.2 Å². The molecule has 1 heterocycles. The minimum atomic E-state index is -0.631. The minimum absolute atomic E-state index is 0.0118. The Morgan fingerprint density at radius 2 is 1.76 bits per heavy atom. The first-order valence-electron chi connectivity index (χ1n) is 10.2. The number of amides is 1. The summed E-state index contributed by atoms with van der Waals surface area (Å²) in [5.41, 5.74) is 5.33. The number of rotatable bonds is 12. The second-order valence-electron chi connectivity index (χ2n) is 6.82. The predicted octanol–water partition coefficient (Wildman–Crippen LogP) is 2.58. The lowest BCUT2D eigenvalue weighted by Gasteiger charge is -2.12. The first-order valence-corrected chi connectivity index (χ1v) is 10.2. The Morgan fingerprint density at radius 3 is 2.47 bits per heavy atom. The number of anilines is 2. The van der Waals surface area contributed by atoms with Crippen LogP contribution in [0.2, 0.25) is 0 Å². The van der Waals surface area contributed by atoms with Crippen LogP contribution in [0.15, 0.2) is 54.9 Å². The summed E-state index contributed by atoms with van der Waals surface area (Å²) in [6.45, 7) is 0.0658. The molecule has 0 bridgehead atoms. The van der Waals surface area contributed by atoms with Gasteiger partial charge in [-0.3, -0.25) is 25.8 Å². The van der Waals surface area contributed by atoms with Gasteiger partial charge in [0, 0.05) is 6.54 Å². The molecule has 2 aromatic carbocycles. The van der Waals surface area contributed by atoms with Gasteiger partial charge < -0.3 is 19.5 Å². The van der Waals surface area contributed by atoms with E-state index in [0.717, 1.165) is 11.9 Å². The topological polar surface area (TPSA) is 150 Å². The molecule has 12 nitrogen and oxygen atoms in total. The molecule has 0 aliphatic heterocycles. The molecule has 0 fully saturated rings. The van der Waals surface area contributed by atoms with Gasteiger partial charge in [0.25, 0.3) is 5.91 Å². The number of para-hydroxylation sites is 1. The maximum atomic E-state index is 12.0. The van der Waals surface area contributed by atoms with E-state index in [-0.39, 0.29) is 18.2 Å². The molecule has 34 heavy (non-hydrogen) atoms. The molecule has 178 valence electrons. The monoisotopic (exact) mass is 468 g/mol. The fourth-order valence-electron chi connectivity index (χ4n) is 2.96. The molecule has 0 radical (unpaired) electrons. The van der Waals surface area contributed by atoms with Crippen LogP contribution in [0.1, 0.15) is 5.56 Å². The fraction of sp³-hybridized carbons (Fsp3) is 0.227. The number of nitro groups is 1. The lowest BCUT2D eigenvalue weighted by atomic mass is 10.1. The number of aromatic nitrogens is 2. The Balaban J connectivity index is 1.59. The lowest BCUT2D eigenvalue weighted by molar-refractivity contribution is -0.383. The molecule has 3 rings (SSSR count). The highest BCUT2D eigenvalue weighted by atomic mass is 16.6. The highest BCUT2D eigenvalue weighted by Gasteiger charge is 2.23. The second kappa shape index (κ2) is 11.9. The summed E-state index contributed by atoms with van der Waals surface area (Å²) in [6.07, 6.45) is 1.69. The molecule has 1 aromatic heterocycles. The Bertz CT molecular complexity index is 1130. The molecule has 3 N–H and O–H groups in total. The molecule has 0 saturated carbocycles. The largest absolute Gasteiger partial charge is 0.493 e. The summed E-state index contributed by atoms with van der Waals surface area (Å²) in [5.74, 6) is 1.02. The number of hydrogen-bond donors (Lipinski definition) is 3. The van der Waals surface area contributed by atoms with Crippen molar-refractivity contribution in [1.82, 2.24) is 15.4 Å². The van der Waals surface area contributed by atoms with Crippen LogP contribution in [0.4, 0.5) is 17.3 Å². The molecule has 0 saturated heterocycles. The smallest absolute Gasteiger partial charge is 0.354 e. The SMILES string of the molecule is COc1ccc(CCNc2ncnc(NNC(=O)COc3ccccc3)c2[N+](=O)[O-])cc1OC. The van der Waals surface area contributed by atoms with Gasteiger partial charge in [-0.05, 0) is 36.2 Å². The normalized spacial score (nSPS) is 10.2. The average Bonchev–Trinajstić information content (AvgIpc) is 2.86. The highest BCUT2D eigenvalue weighted by molar-refractivity contribution is 5.80. The number of benzene rings is 2. The van der Waals surface area contributed by atoms with Crippen LogP contribution in [0.5, 0.6) is 17.2 Å². The molecule has 12 heteroatoms. The van der Waals surface area contributed by atoms with Crippen molar-refractivity contribution in [1.29, 1.82) is 0 Å². The summed E-state index contributed by atoms with van der Waals surface area (Å²) in [6, 6.07) is 14.3. The van der Waals surface area contributed by atoms with Gasteiger partial charge in [-0.25, -0.2) is 9.97 Å². The molecular weight excluding hydrogens is 444 g/mol. The summed E-state index contributed by atoms with van der Waals surface area (Å²) >= 11 is 0. The molecular formula is C22H24N6O6. The summed E-state index contributed by atoms with van der Waals surface area (Å²) in [7, 11) is 3.10. The van der Waals surface area contributed by atoms with Crippen LogP contribution in [-0.4, -0.2) is 48.2 Å². The van der Waals surface area contributed by atoms with E-state index in [1.807, 2.05) is 18.2 Å². The van der Waals surface area contributed by atoms with E-state index in [0.29, 0.717) is 30.2 Å². The predicted molar refractivity (Wildman–Crippen MR) is 124 cm³/mol. The zero-order valence-electron chi connectivity index (χ0n) is 18.6. The highest BCUT2D eigenvalue weighted by Crippen LogP contribution is 2.29. The lowest BCUT2D eigenvalue weighted by Crippen LogP contribution is -2.34. The first-order chi connectivity index (χ1) is 16.5. The van der Waals surface area contributed by atoms with Crippen LogP contribution >= 0.6 is 0 Å². The number of carbonyl (C=O) groups is 1. The van der Waals surface area contributed by atoms with E-state index >= 15 is 0 Å². The molecule has 3 aromatic rings. The molecule has 0 atom stereocenters. The van der Waals surface area contributed by atoms with Gasteiger partial charge in [-0.15, -0.1) is 0 Å². The van der Waals surface area contributed by atoms with Crippen molar-refractivity contribution in [2.24, 2.45) is 0 Å². The van der Waals surface area contributed by atoms with E-state index in [1.165, 1.54) is 0 Å². The van der Waals surface area contributed by atoms with Crippen LogP contribution < -0.4 is 30.4 Å². The molecule has 0 aliphatic rings. The summed E-state index contributed by atoms with van der Waals surface area (Å²) < 4.78 is 15.8. The van der Waals surface area contributed by atoms with Gasteiger partial charge in [0.05, 0.1) is 19.1 Å². The number of hydrazine groups is 1. The number of carbonyl (C=O) groups excluding carboxylic acids is 1. The zero-order chi connectivity index (χ0) is 24.3. The van der Waals surface area contributed by atoms with Crippen LogP contribution in [0.25, 0.3) is 0 Å². The van der Waals surface area contributed by atoms with Crippen LogP contribution in [0, 0.1) is 10.1 Å². The minimum Gasteiger partial charge on any atom is -0.493 e. The second-order valence-corrected chi connectivity index (χ2v) is 6.82. The van der Waals surface area contributed by atoms with E-state index < -0.39 is 16.5 Å². The van der Waals surface area contributed by atoms with Crippen molar-refractivity contribution in [3.8, 4) is 17.2 Å².